The molecule has 16 heteroatoms. The highest BCUT2D eigenvalue weighted by atomic mass is 19.4. The van der Waals surface area contributed by atoms with Gasteiger partial charge in [0.2, 0.25) is 0 Å². The number of nitrogen functional groups attached to an aromatic ring is 1. The molecule has 10 nitrogen and oxygen atoms in total. The summed E-state index contributed by atoms with van der Waals surface area (Å²) >= 11 is 0. The number of pyridine rings is 1. The number of halogens is 6. The lowest BCUT2D eigenvalue weighted by Crippen LogP contribution is -2.21. The Morgan fingerprint density at radius 1 is 0.837 bits per heavy atom. The molecule has 1 aliphatic rings. The van der Waals surface area contributed by atoms with Gasteiger partial charge in [-0.1, -0.05) is 12.1 Å². The van der Waals surface area contributed by atoms with Gasteiger partial charge in [-0.3, -0.25) is 4.98 Å². The third-order valence-corrected chi connectivity index (χ3v) is 5.34. The van der Waals surface area contributed by atoms with Crippen molar-refractivity contribution in [3.8, 4) is 5.88 Å². The molecule has 0 saturated carbocycles. The average Bonchev–Trinajstić information content (AvgIpc) is 3.47. The maximum absolute atomic E-state index is 10.6. The van der Waals surface area contributed by atoms with Gasteiger partial charge in [-0.2, -0.15) is 26.3 Å². The van der Waals surface area contributed by atoms with E-state index in [0.29, 0.717) is 11.3 Å². The minimum Gasteiger partial charge on any atom is -0.494 e. The van der Waals surface area contributed by atoms with E-state index in [1.54, 1.807) is 18.5 Å². The Kier molecular flexibility index (Phi) is 9.54. The van der Waals surface area contributed by atoms with Gasteiger partial charge in [0.1, 0.15) is 0 Å². The van der Waals surface area contributed by atoms with Crippen LogP contribution in [0, 0.1) is 0 Å². The number of nitrogens with one attached hydrogen (secondary N) is 1. The molecule has 224 valence electrons. The van der Waals surface area contributed by atoms with Crippen LogP contribution in [0.1, 0.15) is 11.1 Å². The molecule has 43 heavy (non-hydrogen) atoms. The minimum atomic E-state index is -5.08. The van der Waals surface area contributed by atoms with Crippen LogP contribution < -0.4 is 16.2 Å². The first-order chi connectivity index (χ1) is 20.1. The van der Waals surface area contributed by atoms with E-state index in [4.69, 9.17) is 25.5 Å². The largest absolute Gasteiger partial charge is 0.494 e. The van der Waals surface area contributed by atoms with Crippen molar-refractivity contribution in [3.05, 3.63) is 88.6 Å². The van der Waals surface area contributed by atoms with Gasteiger partial charge in [0.05, 0.1) is 11.4 Å². The topological polar surface area (TPSA) is 174 Å². The molecule has 5 rings (SSSR count). The average molecular weight is 607 g/mol. The van der Waals surface area contributed by atoms with Gasteiger partial charge in [-0.25, -0.2) is 9.59 Å². The fourth-order valence-electron chi connectivity index (χ4n) is 3.40. The van der Waals surface area contributed by atoms with Crippen LogP contribution in [0.15, 0.2) is 77.2 Å². The normalized spacial score (nSPS) is 12.9. The van der Waals surface area contributed by atoms with E-state index in [9.17, 15) is 31.4 Å². The molecule has 0 radical (unpaired) electrons. The lowest BCUT2D eigenvalue weighted by Gasteiger charge is -1.96. The second-order valence-electron chi connectivity index (χ2n) is 8.42. The first kappa shape index (κ1) is 31.9. The van der Waals surface area contributed by atoms with Gasteiger partial charge >= 0.3 is 24.3 Å². The summed E-state index contributed by atoms with van der Waals surface area (Å²) < 4.78 is 63.5. The van der Waals surface area contributed by atoms with Crippen molar-refractivity contribution >= 4 is 52.1 Å². The molecule has 0 amide bonds. The van der Waals surface area contributed by atoms with Crippen LogP contribution in [0.3, 0.4) is 0 Å². The quantitative estimate of drug-likeness (QED) is 0.163. The summed E-state index contributed by atoms with van der Waals surface area (Å²) in [5, 5.41) is 35.9. The number of aliphatic carboxylic acids is 2. The van der Waals surface area contributed by atoms with Crippen molar-refractivity contribution in [3.63, 3.8) is 0 Å². The summed E-state index contributed by atoms with van der Waals surface area (Å²) in [4.78, 5) is 24.8. The summed E-state index contributed by atoms with van der Waals surface area (Å²) in [5.41, 5.74) is 10.7. The fraction of sp³-hybridized carbons (Fsp3) is 0.0741. The van der Waals surface area contributed by atoms with E-state index in [0.717, 1.165) is 38.3 Å². The fourth-order valence-corrected chi connectivity index (χ4v) is 3.40. The predicted molar refractivity (Wildman–Crippen MR) is 142 cm³/mol. The van der Waals surface area contributed by atoms with Gasteiger partial charge in [-0.15, -0.1) is 10.2 Å². The second kappa shape index (κ2) is 12.9. The van der Waals surface area contributed by atoms with E-state index in [1.165, 1.54) is 0 Å². The standard InChI is InChI=1S/C23H17N5O.2C2HF3O2/c24-16-3-6-20-18(13-16)19(23(29)26-20)11-15-1-4-17-21(27-28-22(17)12-15)5-2-14-7-9-25-10-8-14;2*3-2(4,5)1(6)7/h1-13,26,29H,24H2;2*(H,6,7)/b5-2+,15-11?;;. The Labute approximate surface area is 236 Å². The number of nitrogens with zero attached hydrogens (tertiary/aromatic N) is 3. The molecule has 0 aliphatic carbocycles. The SMILES string of the molecule is Nc1ccc2[nH]c(O)c(C=c3ccc4c(c3)N=NC=4/C=C/c3ccncc3)c2c1.O=C(O)C(F)(F)F.O=C(O)C(F)(F)F. The highest BCUT2D eigenvalue weighted by Gasteiger charge is 2.38. The monoisotopic (exact) mass is 607 g/mol. The maximum atomic E-state index is 10.6. The number of anilines is 1. The van der Waals surface area contributed by atoms with Gasteiger partial charge in [0.25, 0.3) is 0 Å². The number of azo groups is 1. The van der Waals surface area contributed by atoms with Gasteiger partial charge in [0.15, 0.2) is 5.88 Å². The number of carboxylic acid groups (broad SMARTS) is 2. The summed E-state index contributed by atoms with van der Waals surface area (Å²) in [6.07, 6.45) is -0.815. The summed E-state index contributed by atoms with van der Waals surface area (Å²) in [5.74, 6) is -5.40. The van der Waals surface area contributed by atoms with Gasteiger partial charge < -0.3 is 26.0 Å². The second-order valence-corrected chi connectivity index (χ2v) is 8.42. The highest BCUT2D eigenvalue weighted by Crippen LogP contribution is 2.29. The van der Waals surface area contributed by atoms with Gasteiger partial charge in [0, 0.05) is 39.8 Å². The molecular formula is C27H19F6N5O5. The van der Waals surface area contributed by atoms with Crippen LogP contribution in [0.25, 0.3) is 28.8 Å². The molecule has 0 fully saturated rings. The maximum Gasteiger partial charge on any atom is 0.490 e. The Hall–Kier alpha value is -5.67. The zero-order valence-electron chi connectivity index (χ0n) is 21.4. The van der Waals surface area contributed by atoms with E-state index in [-0.39, 0.29) is 5.88 Å². The first-order valence-electron chi connectivity index (χ1n) is 11.6. The molecule has 0 spiro atoms. The van der Waals surface area contributed by atoms with Crippen LogP contribution in [0.4, 0.5) is 37.7 Å². The Balaban J connectivity index is 0.000000303. The van der Waals surface area contributed by atoms with Crippen LogP contribution in [0.5, 0.6) is 5.88 Å². The van der Waals surface area contributed by atoms with Gasteiger partial charge in [-0.05, 0) is 65.4 Å². The number of nitrogens with two attached hydrogens (primary N) is 1. The van der Waals surface area contributed by atoms with Crippen LogP contribution in [-0.4, -0.2) is 49.6 Å². The number of alkyl halides is 6. The van der Waals surface area contributed by atoms with Crippen molar-refractivity contribution in [2.45, 2.75) is 12.4 Å². The number of rotatable bonds is 3. The molecule has 4 aromatic rings. The molecule has 1 aliphatic heterocycles. The number of carbonyl (C=O) groups is 2. The number of H-pyrrole nitrogens is 1. The highest BCUT2D eigenvalue weighted by molar-refractivity contribution is 5.93. The molecule has 0 saturated heterocycles. The van der Waals surface area contributed by atoms with Crippen LogP contribution >= 0.6 is 0 Å². The number of fused-ring (bicyclic) bond motifs is 2. The number of hydrogen-bond acceptors (Lipinski definition) is 7. The number of aromatic amines is 1. The van der Waals surface area contributed by atoms with Crippen LogP contribution in [-0.2, 0) is 9.59 Å². The van der Waals surface area contributed by atoms with Crippen molar-refractivity contribution in [2.24, 2.45) is 10.2 Å². The van der Waals surface area contributed by atoms with E-state index < -0.39 is 24.3 Å². The molecule has 3 heterocycles. The number of benzene rings is 2. The van der Waals surface area contributed by atoms with E-state index in [2.05, 4.69) is 20.2 Å². The number of hydrogen-bond donors (Lipinski definition) is 5. The Bertz CT molecular complexity index is 1810. The van der Waals surface area contributed by atoms with Crippen LogP contribution in [0.2, 0.25) is 0 Å². The number of aromatic nitrogens is 2. The summed E-state index contributed by atoms with van der Waals surface area (Å²) in [7, 11) is 0. The van der Waals surface area contributed by atoms with Crippen molar-refractivity contribution in [1.82, 2.24) is 9.97 Å². The molecule has 2 aromatic carbocycles. The molecule has 6 N–H and O–H groups in total. The smallest absolute Gasteiger partial charge is 0.490 e. The lowest BCUT2D eigenvalue weighted by molar-refractivity contribution is -0.193. The predicted octanol–water partition coefficient (Wildman–Crippen LogP) is 4.87. The Morgan fingerprint density at radius 3 is 2.02 bits per heavy atom. The third-order valence-electron chi connectivity index (χ3n) is 5.34. The zero-order valence-corrected chi connectivity index (χ0v) is 21.4. The zero-order chi connectivity index (χ0) is 31.9. The number of aromatic hydroxyl groups is 1. The van der Waals surface area contributed by atoms with E-state index in [1.807, 2.05) is 60.7 Å². The molecule has 2 aromatic heterocycles. The van der Waals surface area contributed by atoms with Crippen molar-refractivity contribution in [2.75, 3.05) is 5.73 Å². The number of carboxylic acids is 2. The summed E-state index contributed by atoms with van der Waals surface area (Å²) in [6.45, 7) is 0. The molecule has 0 bridgehead atoms. The minimum absolute atomic E-state index is 0.111. The Morgan fingerprint density at radius 2 is 1.44 bits per heavy atom. The van der Waals surface area contributed by atoms with E-state index >= 15 is 0 Å². The molecule has 0 unspecified atom stereocenters. The lowest BCUT2D eigenvalue weighted by atomic mass is 10.1. The third kappa shape index (κ3) is 8.66. The van der Waals surface area contributed by atoms with Crippen molar-refractivity contribution in [1.29, 1.82) is 0 Å². The first-order valence-corrected chi connectivity index (χ1v) is 11.6. The van der Waals surface area contributed by atoms with Crippen molar-refractivity contribution < 1.29 is 51.3 Å². The molecular weight excluding hydrogens is 588 g/mol. The summed E-state index contributed by atoms with van der Waals surface area (Å²) in [6, 6.07) is 15.3. The molecule has 0 atom stereocenters.